The molecule has 1 amide bonds. The third-order valence-corrected chi connectivity index (χ3v) is 4.99. The van der Waals surface area contributed by atoms with Gasteiger partial charge in [0, 0.05) is 11.8 Å². The fourth-order valence-corrected chi connectivity index (χ4v) is 3.10. The molecule has 31 heavy (non-hydrogen) atoms. The molecule has 0 saturated carbocycles. The molecule has 0 aliphatic heterocycles. The van der Waals surface area contributed by atoms with Crippen molar-refractivity contribution in [2.75, 3.05) is 12.4 Å². The van der Waals surface area contributed by atoms with Gasteiger partial charge in [-0.1, -0.05) is 37.2 Å². The summed E-state index contributed by atoms with van der Waals surface area (Å²) in [5.74, 6) is 2.13. The van der Waals surface area contributed by atoms with Crippen LogP contribution in [0.15, 0.2) is 53.1 Å². The first-order valence-electron chi connectivity index (χ1n) is 10.2. The number of hydrogen-bond donors (Lipinski definition) is 1. The Bertz CT molecular complexity index is 1060. The smallest absolute Gasteiger partial charge is 0.248 e. The number of aryl methyl sites for hydroxylation is 2. The van der Waals surface area contributed by atoms with E-state index in [2.05, 4.69) is 30.4 Å². The van der Waals surface area contributed by atoms with Crippen LogP contribution in [0.3, 0.4) is 0 Å². The van der Waals surface area contributed by atoms with Gasteiger partial charge in [0.2, 0.25) is 5.91 Å². The number of ether oxygens (including phenoxy) is 2. The predicted molar refractivity (Wildman–Crippen MR) is 121 cm³/mol. The summed E-state index contributed by atoms with van der Waals surface area (Å²) >= 11 is 0. The van der Waals surface area contributed by atoms with E-state index >= 15 is 0 Å². The molecule has 3 aromatic rings. The lowest BCUT2D eigenvalue weighted by molar-refractivity contribution is -0.111. The zero-order chi connectivity index (χ0) is 22.4. The molecule has 0 unspecified atom stereocenters. The number of amides is 1. The fourth-order valence-electron chi connectivity index (χ4n) is 3.10. The molecular weight excluding hydrogens is 392 g/mol. The molecule has 1 heterocycles. The molecule has 0 atom stereocenters. The maximum absolute atomic E-state index is 12.3. The van der Waals surface area contributed by atoms with Crippen LogP contribution in [0.2, 0.25) is 0 Å². The lowest BCUT2D eigenvalue weighted by Gasteiger charge is -2.11. The van der Waals surface area contributed by atoms with E-state index in [4.69, 9.17) is 14.0 Å². The Labute approximate surface area is 182 Å². The van der Waals surface area contributed by atoms with Crippen molar-refractivity contribution in [3.05, 3.63) is 76.7 Å². The Hall–Kier alpha value is -3.54. The third kappa shape index (κ3) is 5.75. The molecule has 0 radical (unpaired) electrons. The minimum atomic E-state index is -0.196. The average molecular weight is 421 g/mol. The fraction of sp³-hybridized carbons (Fsp3) is 0.280. The van der Waals surface area contributed by atoms with Gasteiger partial charge in [-0.2, -0.15) is 0 Å². The van der Waals surface area contributed by atoms with E-state index < -0.39 is 0 Å². The highest BCUT2D eigenvalue weighted by Crippen LogP contribution is 2.30. The van der Waals surface area contributed by atoms with E-state index in [1.807, 2.05) is 50.2 Å². The molecule has 2 aromatic carbocycles. The van der Waals surface area contributed by atoms with E-state index in [0.717, 1.165) is 28.3 Å². The van der Waals surface area contributed by atoms with Crippen molar-refractivity contribution in [2.24, 2.45) is 0 Å². The molecule has 0 aliphatic carbocycles. The van der Waals surface area contributed by atoms with Crippen molar-refractivity contribution < 1.29 is 18.8 Å². The first kappa shape index (κ1) is 22.2. The van der Waals surface area contributed by atoms with E-state index in [1.54, 1.807) is 13.2 Å². The molecule has 6 heteroatoms. The van der Waals surface area contributed by atoms with Crippen LogP contribution in [0, 0.1) is 13.8 Å². The second-order valence-electron chi connectivity index (χ2n) is 7.60. The van der Waals surface area contributed by atoms with E-state index in [0.29, 0.717) is 24.0 Å². The zero-order valence-electron chi connectivity index (χ0n) is 18.6. The molecule has 1 N–H and O–H groups in total. The lowest BCUT2D eigenvalue weighted by atomic mass is 10.0. The van der Waals surface area contributed by atoms with Crippen molar-refractivity contribution in [3.63, 3.8) is 0 Å². The van der Waals surface area contributed by atoms with Crippen LogP contribution in [0.4, 0.5) is 5.69 Å². The van der Waals surface area contributed by atoms with Gasteiger partial charge in [0.1, 0.15) is 12.4 Å². The summed E-state index contributed by atoms with van der Waals surface area (Å²) in [6, 6.07) is 13.4. The minimum absolute atomic E-state index is 0.196. The number of carbonyl (C=O) groups is 1. The molecule has 162 valence electrons. The predicted octanol–water partition coefficient (Wildman–Crippen LogP) is 5.65. The van der Waals surface area contributed by atoms with Crippen LogP contribution in [0.25, 0.3) is 6.08 Å². The zero-order valence-corrected chi connectivity index (χ0v) is 18.6. The van der Waals surface area contributed by atoms with Crippen LogP contribution in [-0.2, 0) is 11.4 Å². The number of rotatable bonds is 8. The Morgan fingerprint density at radius 2 is 1.97 bits per heavy atom. The largest absolute Gasteiger partial charge is 0.493 e. The Balaban J connectivity index is 1.65. The molecule has 3 rings (SSSR count). The highest BCUT2D eigenvalue weighted by molar-refractivity contribution is 6.02. The number of anilines is 1. The second kappa shape index (κ2) is 9.98. The number of nitrogens with zero attached hydrogens (tertiary/aromatic N) is 1. The molecule has 0 aliphatic rings. The number of methoxy groups -OCH3 is 1. The average Bonchev–Trinajstić information content (AvgIpc) is 3.08. The van der Waals surface area contributed by atoms with E-state index in [1.165, 1.54) is 11.6 Å². The van der Waals surface area contributed by atoms with E-state index in [9.17, 15) is 4.79 Å². The SMILES string of the molecule is COc1cc(/C=C/C(=O)Nc2cccc(C(C)C)c2)ccc1OCc1c(C)noc1C. The van der Waals surface area contributed by atoms with Gasteiger partial charge >= 0.3 is 0 Å². The Morgan fingerprint density at radius 3 is 2.65 bits per heavy atom. The van der Waals surface area contributed by atoms with Crippen molar-refractivity contribution in [2.45, 2.75) is 40.2 Å². The maximum atomic E-state index is 12.3. The molecule has 6 nitrogen and oxygen atoms in total. The standard InChI is InChI=1S/C25H28N2O4/c1-16(2)20-7-6-8-21(14-20)26-25(28)12-10-19-9-11-23(24(13-19)29-5)30-15-22-17(3)27-31-18(22)4/h6-14,16H,15H2,1-5H3,(H,26,28)/b12-10+. The topological polar surface area (TPSA) is 73.6 Å². The van der Waals surface area contributed by atoms with Crippen LogP contribution < -0.4 is 14.8 Å². The van der Waals surface area contributed by atoms with Gasteiger partial charge in [0.05, 0.1) is 18.4 Å². The van der Waals surface area contributed by atoms with Gasteiger partial charge in [-0.15, -0.1) is 0 Å². The third-order valence-electron chi connectivity index (χ3n) is 4.99. The summed E-state index contributed by atoms with van der Waals surface area (Å²) in [7, 11) is 1.58. The van der Waals surface area contributed by atoms with Crippen LogP contribution in [0.5, 0.6) is 11.5 Å². The first-order chi connectivity index (χ1) is 14.9. The van der Waals surface area contributed by atoms with Crippen LogP contribution in [0.1, 0.15) is 47.9 Å². The Kier molecular flexibility index (Phi) is 7.13. The number of benzene rings is 2. The normalized spacial score (nSPS) is 11.2. The summed E-state index contributed by atoms with van der Waals surface area (Å²) in [6.07, 6.45) is 3.24. The summed E-state index contributed by atoms with van der Waals surface area (Å²) in [6.45, 7) is 8.31. The van der Waals surface area contributed by atoms with Crippen molar-refractivity contribution in [1.82, 2.24) is 5.16 Å². The van der Waals surface area contributed by atoms with Gasteiger partial charge in [0.25, 0.3) is 0 Å². The van der Waals surface area contributed by atoms with Crippen molar-refractivity contribution in [3.8, 4) is 11.5 Å². The van der Waals surface area contributed by atoms with Crippen molar-refractivity contribution >= 4 is 17.7 Å². The number of aromatic nitrogens is 1. The summed E-state index contributed by atoms with van der Waals surface area (Å²) in [5, 5.41) is 6.83. The highest BCUT2D eigenvalue weighted by Gasteiger charge is 2.12. The molecule has 0 saturated heterocycles. The van der Waals surface area contributed by atoms with Crippen LogP contribution in [-0.4, -0.2) is 18.2 Å². The van der Waals surface area contributed by atoms with Crippen LogP contribution >= 0.6 is 0 Å². The lowest BCUT2D eigenvalue weighted by Crippen LogP contribution is -2.08. The van der Waals surface area contributed by atoms with Gasteiger partial charge in [-0.05, 0) is 61.2 Å². The molecular formula is C25H28N2O4. The first-order valence-corrected chi connectivity index (χ1v) is 10.2. The van der Waals surface area contributed by atoms with Gasteiger partial charge in [-0.3, -0.25) is 4.79 Å². The Morgan fingerprint density at radius 1 is 1.16 bits per heavy atom. The van der Waals surface area contributed by atoms with Crippen molar-refractivity contribution in [1.29, 1.82) is 0 Å². The maximum Gasteiger partial charge on any atom is 0.248 e. The summed E-state index contributed by atoms with van der Waals surface area (Å²) in [4.78, 5) is 12.3. The number of hydrogen-bond acceptors (Lipinski definition) is 5. The molecule has 0 bridgehead atoms. The monoisotopic (exact) mass is 420 g/mol. The number of nitrogens with one attached hydrogen (secondary N) is 1. The minimum Gasteiger partial charge on any atom is -0.493 e. The highest BCUT2D eigenvalue weighted by atomic mass is 16.5. The summed E-state index contributed by atoms with van der Waals surface area (Å²) < 4.78 is 16.5. The van der Waals surface area contributed by atoms with E-state index in [-0.39, 0.29) is 5.91 Å². The van der Waals surface area contributed by atoms with Gasteiger partial charge in [0.15, 0.2) is 11.5 Å². The molecule has 0 fully saturated rings. The summed E-state index contributed by atoms with van der Waals surface area (Å²) in [5.41, 5.74) is 4.51. The molecule has 0 spiro atoms. The van der Waals surface area contributed by atoms with Gasteiger partial charge in [-0.25, -0.2) is 0 Å². The number of carbonyl (C=O) groups excluding carboxylic acids is 1. The quantitative estimate of drug-likeness (QED) is 0.476. The second-order valence-corrected chi connectivity index (χ2v) is 7.60. The van der Waals surface area contributed by atoms with Gasteiger partial charge < -0.3 is 19.3 Å². The molecule has 1 aromatic heterocycles.